The Bertz CT molecular complexity index is 687. The van der Waals surface area contributed by atoms with Gasteiger partial charge in [0.25, 0.3) is 0 Å². The molecular weight excluding hydrogens is 288 g/mol. The Morgan fingerprint density at radius 2 is 2.29 bits per heavy atom. The van der Waals surface area contributed by atoms with Crippen LogP contribution in [0.15, 0.2) is 36.5 Å². The summed E-state index contributed by atoms with van der Waals surface area (Å²) in [6.07, 6.45) is 6.63. The predicted molar refractivity (Wildman–Crippen MR) is 85.0 cm³/mol. The summed E-state index contributed by atoms with van der Waals surface area (Å²) in [5, 5.41) is 14.2. The van der Waals surface area contributed by atoms with E-state index in [9.17, 15) is 5.11 Å². The van der Waals surface area contributed by atoms with Crippen molar-refractivity contribution in [2.45, 2.75) is 12.5 Å². The van der Waals surface area contributed by atoms with Gasteiger partial charge in [-0.3, -0.25) is 4.98 Å². The molecule has 0 aliphatic heterocycles. The van der Waals surface area contributed by atoms with Crippen molar-refractivity contribution in [2.24, 2.45) is 5.92 Å². The van der Waals surface area contributed by atoms with Gasteiger partial charge >= 0.3 is 0 Å². The van der Waals surface area contributed by atoms with Gasteiger partial charge in [0.1, 0.15) is 5.75 Å². The van der Waals surface area contributed by atoms with Gasteiger partial charge in [-0.2, -0.15) is 0 Å². The van der Waals surface area contributed by atoms with Crippen molar-refractivity contribution >= 4 is 28.2 Å². The van der Waals surface area contributed by atoms with E-state index in [4.69, 9.17) is 16.3 Å². The standard InChI is InChI=1S/C16H17ClN2O2/c1-21-12-4-5-15-13(7-12)16(14(17)8-18-15)19-11-3-2-10(6-11)9-20/h2-5,7-8,10-11,20H,6,9H2,1H3,(H,18,19)/t10-,11+/m0/s1. The second-order valence-corrected chi connectivity index (χ2v) is 5.59. The number of halogens is 1. The zero-order valence-corrected chi connectivity index (χ0v) is 12.5. The SMILES string of the molecule is COc1ccc2ncc(Cl)c(N[C@@H]3C=C[C@H](CO)C3)c2c1. The highest BCUT2D eigenvalue weighted by atomic mass is 35.5. The Morgan fingerprint density at radius 1 is 1.43 bits per heavy atom. The van der Waals surface area contributed by atoms with Crippen molar-refractivity contribution in [3.63, 3.8) is 0 Å². The van der Waals surface area contributed by atoms with Gasteiger partial charge < -0.3 is 15.2 Å². The number of fused-ring (bicyclic) bond motifs is 1. The van der Waals surface area contributed by atoms with Gasteiger partial charge in [0.2, 0.25) is 0 Å². The highest BCUT2D eigenvalue weighted by molar-refractivity contribution is 6.34. The van der Waals surface area contributed by atoms with E-state index in [-0.39, 0.29) is 18.6 Å². The molecule has 2 N–H and O–H groups in total. The highest BCUT2D eigenvalue weighted by Gasteiger charge is 2.20. The predicted octanol–water partition coefficient (Wildman–Crippen LogP) is 3.25. The second kappa shape index (κ2) is 5.92. The lowest BCUT2D eigenvalue weighted by atomic mass is 10.1. The first-order valence-corrected chi connectivity index (χ1v) is 7.27. The summed E-state index contributed by atoms with van der Waals surface area (Å²) >= 11 is 6.31. The van der Waals surface area contributed by atoms with E-state index in [2.05, 4.69) is 16.4 Å². The average molecular weight is 305 g/mol. The van der Waals surface area contributed by atoms with Crippen LogP contribution in [0.3, 0.4) is 0 Å². The minimum Gasteiger partial charge on any atom is -0.497 e. The fourth-order valence-corrected chi connectivity index (χ4v) is 2.83. The molecule has 3 rings (SSSR count). The number of aliphatic hydroxyl groups excluding tert-OH is 1. The van der Waals surface area contributed by atoms with Crippen LogP contribution in [0.25, 0.3) is 10.9 Å². The smallest absolute Gasteiger partial charge is 0.119 e. The molecule has 0 unspecified atom stereocenters. The fourth-order valence-electron chi connectivity index (χ4n) is 2.62. The number of pyridine rings is 1. The van der Waals surface area contributed by atoms with Crippen molar-refractivity contribution in [3.8, 4) is 5.75 Å². The summed E-state index contributed by atoms with van der Waals surface area (Å²) in [6, 6.07) is 5.89. The quantitative estimate of drug-likeness (QED) is 0.851. The first kappa shape index (κ1) is 14.2. The van der Waals surface area contributed by atoms with E-state index in [0.717, 1.165) is 28.8 Å². The van der Waals surface area contributed by atoms with E-state index < -0.39 is 0 Å². The number of hydrogen-bond donors (Lipinski definition) is 2. The lowest BCUT2D eigenvalue weighted by molar-refractivity contribution is 0.250. The normalized spacial score (nSPS) is 20.9. The third kappa shape index (κ3) is 2.82. The van der Waals surface area contributed by atoms with Crippen LogP contribution >= 0.6 is 11.6 Å². The molecule has 0 bridgehead atoms. The highest BCUT2D eigenvalue weighted by Crippen LogP contribution is 2.34. The molecule has 1 aromatic carbocycles. The average Bonchev–Trinajstić information content (AvgIpc) is 2.97. The maximum Gasteiger partial charge on any atom is 0.119 e. The number of rotatable bonds is 4. The third-order valence-electron chi connectivity index (χ3n) is 3.77. The van der Waals surface area contributed by atoms with Crippen LogP contribution in [-0.2, 0) is 0 Å². The van der Waals surface area contributed by atoms with Gasteiger partial charge in [0, 0.05) is 30.1 Å². The number of aromatic nitrogens is 1. The second-order valence-electron chi connectivity index (χ2n) is 5.18. The summed E-state index contributed by atoms with van der Waals surface area (Å²) in [7, 11) is 1.64. The molecule has 0 spiro atoms. The van der Waals surface area contributed by atoms with Crippen molar-refractivity contribution in [2.75, 3.05) is 19.0 Å². The molecule has 0 amide bonds. The van der Waals surface area contributed by atoms with Gasteiger partial charge in [-0.1, -0.05) is 23.8 Å². The van der Waals surface area contributed by atoms with E-state index in [1.54, 1.807) is 13.3 Å². The molecule has 1 heterocycles. The number of aliphatic hydroxyl groups is 1. The number of nitrogens with zero attached hydrogens (tertiary/aromatic N) is 1. The van der Waals surface area contributed by atoms with Crippen LogP contribution in [-0.4, -0.2) is 29.8 Å². The molecule has 0 fully saturated rings. The number of ether oxygens (including phenoxy) is 1. The lowest BCUT2D eigenvalue weighted by Gasteiger charge is -2.17. The van der Waals surface area contributed by atoms with E-state index in [1.165, 1.54) is 0 Å². The molecule has 0 radical (unpaired) electrons. The van der Waals surface area contributed by atoms with Gasteiger partial charge in [0.05, 0.1) is 23.3 Å². The molecule has 1 aromatic heterocycles. The molecule has 0 saturated carbocycles. The summed E-state index contributed by atoms with van der Waals surface area (Å²) in [6.45, 7) is 0.174. The maximum absolute atomic E-state index is 9.21. The summed E-state index contributed by atoms with van der Waals surface area (Å²) in [5.74, 6) is 0.980. The van der Waals surface area contributed by atoms with Crippen LogP contribution in [0, 0.1) is 5.92 Å². The van der Waals surface area contributed by atoms with Gasteiger partial charge in [-0.05, 0) is 24.6 Å². The van der Waals surface area contributed by atoms with Crippen molar-refractivity contribution in [1.29, 1.82) is 0 Å². The summed E-state index contributed by atoms with van der Waals surface area (Å²) < 4.78 is 5.28. The largest absolute Gasteiger partial charge is 0.497 e. The summed E-state index contributed by atoms with van der Waals surface area (Å²) in [4.78, 5) is 4.34. The molecule has 1 aliphatic rings. The minimum absolute atomic E-state index is 0.163. The summed E-state index contributed by atoms with van der Waals surface area (Å²) in [5.41, 5.74) is 1.72. The number of methoxy groups -OCH3 is 1. The molecule has 4 nitrogen and oxygen atoms in total. The van der Waals surface area contributed by atoms with Crippen LogP contribution in [0.2, 0.25) is 5.02 Å². The number of hydrogen-bond acceptors (Lipinski definition) is 4. The Balaban J connectivity index is 1.97. The fraction of sp³-hybridized carbons (Fsp3) is 0.312. The lowest BCUT2D eigenvalue weighted by Crippen LogP contribution is -2.17. The Hall–Kier alpha value is -1.78. The van der Waals surface area contributed by atoms with Crippen molar-refractivity contribution in [1.82, 2.24) is 4.98 Å². The van der Waals surface area contributed by atoms with Gasteiger partial charge in [-0.15, -0.1) is 0 Å². The Kier molecular flexibility index (Phi) is 3.99. The van der Waals surface area contributed by atoms with E-state index in [0.29, 0.717) is 5.02 Å². The molecule has 0 saturated heterocycles. The minimum atomic E-state index is 0.163. The maximum atomic E-state index is 9.21. The molecule has 110 valence electrons. The molecular formula is C16H17ClN2O2. The number of anilines is 1. The van der Waals surface area contributed by atoms with Crippen LogP contribution in [0.1, 0.15) is 6.42 Å². The van der Waals surface area contributed by atoms with Crippen LogP contribution in [0.5, 0.6) is 5.75 Å². The van der Waals surface area contributed by atoms with Gasteiger partial charge in [-0.25, -0.2) is 0 Å². The zero-order valence-electron chi connectivity index (χ0n) is 11.7. The van der Waals surface area contributed by atoms with Crippen LogP contribution in [0.4, 0.5) is 5.69 Å². The Morgan fingerprint density at radius 3 is 3.00 bits per heavy atom. The first-order valence-electron chi connectivity index (χ1n) is 6.89. The van der Waals surface area contributed by atoms with E-state index >= 15 is 0 Å². The molecule has 5 heteroatoms. The molecule has 2 aromatic rings. The van der Waals surface area contributed by atoms with Gasteiger partial charge in [0.15, 0.2) is 0 Å². The monoisotopic (exact) mass is 304 g/mol. The zero-order chi connectivity index (χ0) is 14.8. The number of benzene rings is 1. The van der Waals surface area contributed by atoms with E-state index in [1.807, 2.05) is 24.3 Å². The van der Waals surface area contributed by atoms with Crippen molar-refractivity contribution < 1.29 is 9.84 Å². The van der Waals surface area contributed by atoms with Crippen LogP contribution < -0.4 is 10.1 Å². The first-order chi connectivity index (χ1) is 10.2. The molecule has 1 aliphatic carbocycles. The third-order valence-corrected chi connectivity index (χ3v) is 4.05. The molecule has 21 heavy (non-hydrogen) atoms. The van der Waals surface area contributed by atoms with Crippen molar-refractivity contribution in [3.05, 3.63) is 41.6 Å². The molecule has 2 atom stereocenters. The Labute approximate surface area is 128 Å². The number of nitrogens with one attached hydrogen (secondary N) is 1. The topological polar surface area (TPSA) is 54.4 Å².